The van der Waals surface area contributed by atoms with E-state index >= 15 is 0 Å². The fourth-order valence-electron chi connectivity index (χ4n) is 2.10. The average molecular weight is 314 g/mol. The zero-order valence-corrected chi connectivity index (χ0v) is 12.9. The van der Waals surface area contributed by atoms with E-state index in [2.05, 4.69) is 15.5 Å². The van der Waals surface area contributed by atoms with Gasteiger partial charge in [-0.2, -0.15) is 0 Å². The Balaban J connectivity index is 1.94. The Morgan fingerprint density at radius 1 is 1.27 bits per heavy atom. The van der Waals surface area contributed by atoms with Crippen LogP contribution in [0.15, 0.2) is 46.3 Å². The molecule has 2 N–H and O–H groups in total. The summed E-state index contributed by atoms with van der Waals surface area (Å²) in [6, 6.07) is 11.0. The van der Waals surface area contributed by atoms with Crippen molar-refractivity contribution in [3.05, 3.63) is 62.8 Å². The van der Waals surface area contributed by atoms with Gasteiger partial charge in [-0.3, -0.25) is 9.59 Å². The van der Waals surface area contributed by atoms with Crippen LogP contribution in [0.5, 0.6) is 0 Å². The molecule has 0 spiro atoms. The van der Waals surface area contributed by atoms with Crippen LogP contribution in [-0.4, -0.2) is 15.5 Å². The van der Waals surface area contributed by atoms with E-state index in [4.69, 9.17) is 0 Å². The van der Waals surface area contributed by atoms with Crippen molar-refractivity contribution < 1.29 is 4.79 Å². The highest BCUT2D eigenvalue weighted by molar-refractivity contribution is 7.16. The third-order valence-corrected chi connectivity index (χ3v) is 4.38. The van der Waals surface area contributed by atoms with E-state index in [9.17, 15) is 9.59 Å². The predicted molar refractivity (Wildman–Crippen MR) is 85.6 cm³/mol. The number of thiazole rings is 1. The van der Waals surface area contributed by atoms with Gasteiger partial charge >= 0.3 is 0 Å². The van der Waals surface area contributed by atoms with Crippen molar-refractivity contribution >= 4 is 27.5 Å². The molecule has 2 heterocycles. The van der Waals surface area contributed by atoms with Crippen LogP contribution in [0.25, 0.3) is 10.2 Å². The van der Waals surface area contributed by atoms with Crippen LogP contribution in [0.1, 0.15) is 16.1 Å². The zero-order chi connectivity index (χ0) is 15.7. The first kappa shape index (κ1) is 14.3. The molecule has 7 heteroatoms. The van der Waals surface area contributed by atoms with Crippen LogP contribution in [-0.2, 0) is 7.05 Å². The highest BCUT2D eigenvalue weighted by Crippen LogP contribution is 2.14. The number of nitrogens with one attached hydrogen (secondary N) is 2. The number of para-hydroxylation sites is 1. The third-order valence-electron chi connectivity index (χ3n) is 3.27. The van der Waals surface area contributed by atoms with Gasteiger partial charge in [-0.05, 0) is 31.2 Å². The highest BCUT2D eigenvalue weighted by atomic mass is 32.1. The number of aromatic amines is 1. The Kier molecular flexibility index (Phi) is 3.64. The molecule has 0 saturated heterocycles. The quantitative estimate of drug-likeness (QED) is 0.703. The van der Waals surface area contributed by atoms with Gasteiger partial charge in [0.15, 0.2) is 0 Å². The van der Waals surface area contributed by atoms with Gasteiger partial charge in [-0.25, -0.2) is 5.43 Å². The number of aromatic nitrogens is 2. The molecule has 112 valence electrons. The van der Waals surface area contributed by atoms with Crippen molar-refractivity contribution in [3.63, 3.8) is 0 Å². The molecule has 1 aromatic carbocycles. The number of nitrogens with zero attached hydrogens (tertiary/aromatic N) is 2. The number of fused-ring (bicyclic) bond motifs is 1. The van der Waals surface area contributed by atoms with Crippen LogP contribution in [0, 0.1) is 6.92 Å². The van der Waals surface area contributed by atoms with Crippen molar-refractivity contribution in [2.45, 2.75) is 6.92 Å². The molecule has 22 heavy (non-hydrogen) atoms. The van der Waals surface area contributed by atoms with Crippen LogP contribution in [0.4, 0.5) is 0 Å². The van der Waals surface area contributed by atoms with E-state index < -0.39 is 11.5 Å². The standard InChI is InChI=1S/C15H14N4O2S/c1-9-7-8-10(13(20)16-9)14(21)17-18-15-19(2)11-5-3-4-6-12(11)22-15/h3-8H,1-2H3,(H,16,20)(H,17,21)/b18-15+. The minimum atomic E-state index is -0.529. The normalized spacial score (nSPS) is 11.8. The molecule has 0 unspecified atom stereocenters. The Morgan fingerprint density at radius 2 is 2.05 bits per heavy atom. The van der Waals surface area contributed by atoms with Gasteiger partial charge in [0.25, 0.3) is 11.5 Å². The molecule has 0 saturated carbocycles. The van der Waals surface area contributed by atoms with Crippen LogP contribution >= 0.6 is 11.3 Å². The number of H-pyrrole nitrogens is 1. The van der Waals surface area contributed by atoms with Crippen molar-refractivity contribution in [2.75, 3.05) is 0 Å². The number of amides is 1. The van der Waals surface area contributed by atoms with Crippen LogP contribution < -0.4 is 15.8 Å². The summed E-state index contributed by atoms with van der Waals surface area (Å²) >= 11 is 1.46. The molecular formula is C15H14N4O2S. The molecule has 3 rings (SSSR count). The molecule has 0 radical (unpaired) electrons. The summed E-state index contributed by atoms with van der Waals surface area (Å²) in [4.78, 5) is 27.0. The summed E-state index contributed by atoms with van der Waals surface area (Å²) in [6.45, 7) is 1.75. The number of hydrogen-bond acceptors (Lipinski definition) is 4. The Bertz CT molecular complexity index is 981. The van der Waals surface area contributed by atoms with E-state index in [0.29, 0.717) is 10.5 Å². The Labute approximate surface area is 129 Å². The maximum atomic E-state index is 12.0. The second-order valence-electron chi connectivity index (χ2n) is 4.85. The lowest BCUT2D eigenvalue weighted by Gasteiger charge is -1.99. The van der Waals surface area contributed by atoms with Crippen molar-refractivity contribution in [1.29, 1.82) is 0 Å². The van der Waals surface area contributed by atoms with Gasteiger partial charge in [-0.15, -0.1) is 5.10 Å². The maximum absolute atomic E-state index is 12.0. The minimum absolute atomic E-state index is 0.0399. The molecule has 0 atom stereocenters. The largest absolute Gasteiger partial charge is 0.326 e. The lowest BCUT2D eigenvalue weighted by Crippen LogP contribution is -2.28. The third kappa shape index (κ3) is 2.58. The van der Waals surface area contributed by atoms with E-state index in [0.717, 1.165) is 10.2 Å². The topological polar surface area (TPSA) is 79.2 Å². The summed E-state index contributed by atoms with van der Waals surface area (Å²) in [6.07, 6.45) is 0. The number of rotatable bonds is 2. The van der Waals surface area contributed by atoms with Gasteiger partial charge < -0.3 is 9.55 Å². The van der Waals surface area contributed by atoms with Gasteiger partial charge in [-0.1, -0.05) is 23.5 Å². The number of hydrogen-bond donors (Lipinski definition) is 2. The van der Waals surface area contributed by atoms with Gasteiger partial charge in [0.05, 0.1) is 10.2 Å². The molecule has 2 aromatic heterocycles. The fraction of sp³-hybridized carbons (Fsp3) is 0.133. The summed E-state index contributed by atoms with van der Waals surface area (Å²) in [7, 11) is 1.88. The van der Waals surface area contributed by atoms with Gasteiger partial charge in [0, 0.05) is 12.7 Å². The molecule has 6 nitrogen and oxygen atoms in total. The number of aryl methyl sites for hydroxylation is 2. The number of pyridine rings is 1. The Hall–Kier alpha value is -2.67. The fourth-order valence-corrected chi connectivity index (χ4v) is 3.08. The lowest BCUT2D eigenvalue weighted by atomic mass is 10.2. The minimum Gasteiger partial charge on any atom is -0.326 e. The first-order chi connectivity index (χ1) is 10.6. The summed E-state index contributed by atoms with van der Waals surface area (Å²) in [5.74, 6) is -0.529. The predicted octanol–water partition coefficient (Wildman–Crippen LogP) is 1.48. The van der Waals surface area contributed by atoms with Crippen molar-refractivity contribution in [2.24, 2.45) is 12.1 Å². The highest BCUT2D eigenvalue weighted by Gasteiger charge is 2.09. The van der Waals surface area contributed by atoms with Crippen molar-refractivity contribution in [1.82, 2.24) is 15.0 Å². The second-order valence-corrected chi connectivity index (χ2v) is 5.86. The monoisotopic (exact) mass is 314 g/mol. The molecule has 3 aromatic rings. The summed E-state index contributed by atoms with van der Waals surface area (Å²) in [5, 5.41) is 4.11. The molecule has 0 aliphatic heterocycles. The first-order valence-corrected chi connectivity index (χ1v) is 7.46. The molecule has 0 fully saturated rings. The lowest BCUT2D eigenvalue weighted by molar-refractivity contribution is 0.0951. The summed E-state index contributed by atoms with van der Waals surface area (Å²) < 4.78 is 2.96. The zero-order valence-electron chi connectivity index (χ0n) is 12.1. The smallest absolute Gasteiger partial charge is 0.277 e. The van der Waals surface area contributed by atoms with E-state index in [1.807, 2.05) is 35.9 Å². The van der Waals surface area contributed by atoms with Crippen molar-refractivity contribution in [3.8, 4) is 0 Å². The van der Waals surface area contributed by atoms with Crippen LogP contribution in [0.3, 0.4) is 0 Å². The molecular weight excluding hydrogens is 300 g/mol. The number of benzene rings is 1. The average Bonchev–Trinajstić information content (AvgIpc) is 2.82. The number of carbonyl (C=O) groups is 1. The molecule has 1 amide bonds. The second kappa shape index (κ2) is 5.61. The first-order valence-electron chi connectivity index (χ1n) is 6.65. The maximum Gasteiger partial charge on any atom is 0.277 e. The summed E-state index contributed by atoms with van der Waals surface area (Å²) in [5.41, 5.74) is 3.79. The van der Waals surface area contributed by atoms with E-state index in [-0.39, 0.29) is 5.56 Å². The molecule has 0 bridgehead atoms. The van der Waals surface area contributed by atoms with Gasteiger partial charge in [0.1, 0.15) is 5.56 Å². The molecule has 0 aliphatic carbocycles. The van der Waals surface area contributed by atoms with E-state index in [1.165, 1.54) is 17.4 Å². The molecule has 0 aliphatic rings. The van der Waals surface area contributed by atoms with Crippen LogP contribution in [0.2, 0.25) is 0 Å². The Morgan fingerprint density at radius 3 is 2.77 bits per heavy atom. The SMILES string of the molecule is Cc1ccc(C(=O)N/N=c2/sc3ccccc3n2C)c(=O)[nH]1. The van der Waals surface area contributed by atoms with E-state index in [1.54, 1.807) is 13.0 Å². The van der Waals surface area contributed by atoms with Gasteiger partial charge in [0.2, 0.25) is 4.80 Å². The number of carbonyl (C=O) groups excluding carboxylic acids is 1.